The summed E-state index contributed by atoms with van der Waals surface area (Å²) in [6.45, 7) is 4.70. The second-order valence-electron chi connectivity index (χ2n) is 6.92. The molecule has 140 valence electrons. The zero-order chi connectivity index (χ0) is 19.5. The largest absolute Gasteiger partial charge is 0.278 e. The van der Waals surface area contributed by atoms with Crippen molar-refractivity contribution in [2.24, 2.45) is 0 Å². The van der Waals surface area contributed by atoms with Crippen LogP contribution in [0.2, 0.25) is 0 Å². The number of thiazole rings is 1. The average Bonchev–Trinajstić information content (AvgIpc) is 3.16. The van der Waals surface area contributed by atoms with Gasteiger partial charge in [0.1, 0.15) is 0 Å². The van der Waals surface area contributed by atoms with Gasteiger partial charge in [-0.3, -0.25) is 14.7 Å². The highest BCUT2D eigenvalue weighted by Gasteiger charge is 2.23. The Morgan fingerprint density at radius 2 is 1.79 bits per heavy atom. The van der Waals surface area contributed by atoms with Crippen molar-refractivity contribution in [1.82, 2.24) is 9.97 Å². The number of para-hydroxylation sites is 1. The summed E-state index contributed by atoms with van der Waals surface area (Å²) in [6.07, 6.45) is 1.75. The van der Waals surface area contributed by atoms with Crippen LogP contribution >= 0.6 is 11.3 Å². The van der Waals surface area contributed by atoms with Crippen LogP contribution in [0.5, 0.6) is 0 Å². The van der Waals surface area contributed by atoms with E-state index in [1.54, 1.807) is 22.4 Å². The molecule has 0 atom stereocenters. The fourth-order valence-corrected chi connectivity index (χ4v) is 4.15. The first-order chi connectivity index (χ1) is 13.6. The van der Waals surface area contributed by atoms with Crippen LogP contribution in [0.4, 0.5) is 5.13 Å². The van der Waals surface area contributed by atoms with Gasteiger partial charge in [-0.25, -0.2) is 4.98 Å². The van der Waals surface area contributed by atoms with Gasteiger partial charge in [0.05, 0.1) is 22.5 Å². The van der Waals surface area contributed by atoms with E-state index in [9.17, 15) is 4.79 Å². The molecule has 1 amide bonds. The number of rotatable bonds is 5. The molecule has 0 aliphatic heterocycles. The van der Waals surface area contributed by atoms with E-state index in [-0.39, 0.29) is 5.91 Å². The van der Waals surface area contributed by atoms with Crippen LogP contribution in [-0.4, -0.2) is 15.9 Å². The third-order valence-electron chi connectivity index (χ3n) is 4.60. The molecule has 4 rings (SSSR count). The molecule has 0 saturated heterocycles. The highest BCUT2D eigenvalue weighted by atomic mass is 32.1. The van der Waals surface area contributed by atoms with Gasteiger partial charge in [0.25, 0.3) is 5.91 Å². The lowest BCUT2D eigenvalue weighted by Crippen LogP contribution is -2.30. The maximum Gasteiger partial charge on any atom is 0.260 e. The molecule has 2 heterocycles. The Balaban J connectivity index is 1.80. The van der Waals surface area contributed by atoms with E-state index in [2.05, 4.69) is 37.0 Å². The molecule has 0 N–H and O–H groups in total. The van der Waals surface area contributed by atoms with Crippen molar-refractivity contribution in [3.05, 3.63) is 89.7 Å². The summed E-state index contributed by atoms with van der Waals surface area (Å²) in [5.41, 5.74) is 3.64. The number of amides is 1. The fourth-order valence-electron chi connectivity index (χ4n) is 3.16. The summed E-state index contributed by atoms with van der Waals surface area (Å²) in [6, 6.07) is 21.3. The van der Waals surface area contributed by atoms with Gasteiger partial charge in [-0.1, -0.05) is 61.6 Å². The first-order valence-corrected chi connectivity index (χ1v) is 10.1. The number of hydrogen-bond donors (Lipinski definition) is 0. The molecule has 0 bridgehead atoms. The highest BCUT2D eigenvalue weighted by Crippen LogP contribution is 2.34. The number of nitrogens with zero attached hydrogens (tertiary/aromatic N) is 3. The number of benzene rings is 2. The van der Waals surface area contributed by atoms with Crippen molar-refractivity contribution in [1.29, 1.82) is 0 Å². The molecule has 0 aliphatic carbocycles. The molecular formula is C23H21N3OS. The molecule has 0 radical (unpaired) electrons. The van der Waals surface area contributed by atoms with Gasteiger partial charge >= 0.3 is 0 Å². The number of carbonyl (C=O) groups is 1. The van der Waals surface area contributed by atoms with E-state index >= 15 is 0 Å². The van der Waals surface area contributed by atoms with Crippen LogP contribution in [0.3, 0.4) is 0 Å². The molecule has 0 fully saturated rings. The Bertz CT molecular complexity index is 1090. The topological polar surface area (TPSA) is 46.1 Å². The van der Waals surface area contributed by atoms with Crippen LogP contribution in [0, 0.1) is 0 Å². The van der Waals surface area contributed by atoms with Crippen LogP contribution in [-0.2, 0) is 6.54 Å². The second-order valence-corrected chi connectivity index (χ2v) is 7.93. The van der Waals surface area contributed by atoms with Crippen LogP contribution in [0.25, 0.3) is 10.2 Å². The number of hydrogen-bond acceptors (Lipinski definition) is 4. The van der Waals surface area contributed by atoms with Crippen LogP contribution in [0.15, 0.2) is 72.9 Å². The van der Waals surface area contributed by atoms with Crippen molar-refractivity contribution < 1.29 is 4.79 Å². The number of anilines is 1. The third kappa shape index (κ3) is 3.66. The Morgan fingerprint density at radius 1 is 1.00 bits per heavy atom. The smallest absolute Gasteiger partial charge is 0.260 e. The second kappa shape index (κ2) is 7.90. The molecular weight excluding hydrogens is 366 g/mol. The van der Waals surface area contributed by atoms with Crippen molar-refractivity contribution in [2.45, 2.75) is 26.3 Å². The van der Waals surface area contributed by atoms with E-state index in [4.69, 9.17) is 4.98 Å². The van der Waals surface area contributed by atoms with E-state index < -0.39 is 0 Å². The summed E-state index contributed by atoms with van der Waals surface area (Å²) in [5.74, 6) is 0.295. The Kier molecular flexibility index (Phi) is 5.17. The fraction of sp³-hybridized carbons (Fsp3) is 0.174. The number of pyridine rings is 1. The molecule has 2 aromatic carbocycles. The van der Waals surface area contributed by atoms with Crippen molar-refractivity contribution in [3.63, 3.8) is 0 Å². The lowest BCUT2D eigenvalue weighted by molar-refractivity contribution is 0.0985. The minimum atomic E-state index is -0.0728. The number of fused-ring (bicyclic) bond motifs is 1. The van der Waals surface area contributed by atoms with Gasteiger partial charge in [-0.05, 0) is 41.8 Å². The van der Waals surface area contributed by atoms with Crippen molar-refractivity contribution >= 4 is 32.6 Å². The quantitative estimate of drug-likeness (QED) is 0.444. The third-order valence-corrected chi connectivity index (χ3v) is 5.65. The molecule has 0 spiro atoms. The standard InChI is InChI=1S/C23H21N3OS/c1-16(2)19-12-8-13-20-21(19)25-23(28-20)26(15-18-11-6-7-14-24-18)22(27)17-9-4-3-5-10-17/h3-14,16H,15H2,1-2H3. The SMILES string of the molecule is CC(C)c1cccc2sc(N(Cc3ccccn3)C(=O)c3ccccc3)nc12. The molecule has 2 aromatic heterocycles. The van der Waals surface area contributed by atoms with Gasteiger partial charge in [0.15, 0.2) is 5.13 Å². The molecule has 0 saturated carbocycles. The molecule has 4 nitrogen and oxygen atoms in total. The van der Waals surface area contributed by atoms with Gasteiger partial charge < -0.3 is 0 Å². The van der Waals surface area contributed by atoms with Crippen molar-refractivity contribution in [2.75, 3.05) is 4.90 Å². The molecule has 4 aromatic rings. The molecule has 0 aliphatic rings. The summed E-state index contributed by atoms with van der Waals surface area (Å²) in [7, 11) is 0. The van der Waals surface area contributed by atoms with E-state index in [0.29, 0.717) is 23.2 Å². The predicted octanol–water partition coefficient (Wildman–Crippen LogP) is 5.66. The predicted molar refractivity (Wildman–Crippen MR) is 115 cm³/mol. The lowest BCUT2D eigenvalue weighted by Gasteiger charge is -2.19. The summed E-state index contributed by atoms with van der Waals surface area (Å²) >= 11 is 1.55. The van der Waals surface area contributed by atoms with E-state index in [1.165, 1.54) is 5.56 Å². The average molecular weight is 388 g/mol. The van der Waals surface area contributed by atoms with Crippen LogP contribution < -0.4 is 4.90 Å². The maximum atomic E-state index is 13.3. The lowest BCUT2D eigenvalue weighted by atomic mass is 10.0. The van der Waals surface area contributed by atoms with Gasteiger partial charge in [0.2, 0.25) is 0 Å². The molecule has 28 heavy (non-hydrogen) atoms. The van der Waals surface area contributed by atoms with Gasteiger partial charge in [-0.15, -0.1) is 0 Å². The Hall–Kier alpha value is -3.05. The monoisotopic (exact) mass is 387 g/mol. The number of aromatic nitrogens is 2. The summed E-state index contributed by atoms with van der Waals surface area (Å²) in [4.78, 5) is 24.3. The maximum absolute atomic E-state index is 13.3. The summed E-state index contributed by atoms with van der Waals surface area (Å²) < 4.78 is 1.09. The van der Waals surface area contributed by atoms with E-state index in [0.717, 1.165) is 15.9 Å². The highest BCUT2D eigenvalue weighted by molar-refractivity contribution is 7.22. The Morgan fingerprint density at radius 3 is 2.50 bits per heavy atom. The van der Waals surface area contributed by atoms with Crippen molar-refractivity contribution in [3.8, 4) is 0 Å². The Labute approximate surface area is 168 Å². The zero-order valence-corrected chi connectivity index (χ0v) is 16.7. The van der Waals surface area contributed by atoms with Crippen LogP contribution in [0.1, 0.15) is 41.4 Å². The normalized spacial score (nSPS) is 11.1. The minimum Gasteiger partial charge on any atom is -0.278 e. The number of carbonyl (C=O) groups excluding carboxylic acids is 1. The molecule has 5 heteroatoms. The minimum absolute atomic E-state index is 0.0728. The van der Waals surface area contributed by atoms with E-state index in [1.807, 2.05) is 48.5 Å². The first kappa shape index (κ1) is 18.3. The van der Waals surface area contributed by atoms with Gasteiger partial charge in [-0.2, -0.15) is 0 Å². The summed E-state index contributed by atoms with van der Waals surface area (Å²) in [5, 5.41) is 0.697. The first-order valence-electron chi connectivity index (χ1n) is 9.30. The zero-order valence-electron chi connectivity index (χ0n) is 15.9. The molecule has 0 unspecified atom stereocenters. The van der Waals surface area contributed by atoms with Gasteiger partial charge in [0, 0.05) is 11.8 Å².